The van der Waals surface area contributed by atoms with E-state index >= 15 is 0 Å². The second-order valence-corrected chi connectivity index (χ2v) is 7.41. The van der Waals surface area contributed by atoms with Gasteiger partial charge in [-0.2, -0.15) is 0 Å². The third-order valence-electron chi connectivity index (χ3n) is 5.49. The van der Waals surface area contributed by atoms with Crippen LogP contribution in [-0.2, 0) is 4.74 Å². The van der Waals surface area contributed by atoms with Gasteiger partial charge in [0.15, 0.2) is 0 Å². The second-order valence-electron chi connectivity index (χ2n) is 7.41. The van der Waals surface area contributed by atoms with E-state index in [1.165, 1.54) is 12.1 Å². The Bertz CT molecular complexity index is 1050. The average Bonchev–Trinajstić information content (AvgIpc) is 3.20. The molecule has 1 amide bonds. The predicted molar refractivity (Wildman–Crippen MR) is 109 cm³/mol. The molecule has 0 aliphatic carbocycles. The van der Waals surface area contributed by atoms with E-state index in [0.29, 0.717) is 37.1 Å². The SMILES string of the molecule is CCN(C(=O)c1nonc1N)[C@H]1CCO[C@@H](c2ccc(-c3cc(F)cc(F)c3)cc2)C1. The third-order valence-corrected chi connectivity index (χ3v) is 5.49. The minimum Gasteiger partial charge on any atom is -0.379 e. The summed E-state index contributed by atoms with van der Waals surface area (Å²) in [5.74, 6) is -1.60. The van der Waals surface area contributed by atoms with E-state index in [9.17, 15) is 13.6 Å². The molecular weight excluding hydrogens is 406 g/mol. The smallest absolute Gasteiger partial charge is 0.280 e. The molecule has 0 radical (unpaired) electrons. The van der Waals surface area contributed by atoms with Gasteiger partial charge < -0.3 is 15.4 Å². The molecule has 0 spiro atoms. The zero-order chi connectivity index (χ0) is 22.0. The number of ether oxygens (including phenoxy) is 1. The molecule has 2 N–H and O–H groups in total. The third kappa shape index (κ3) is 4.41. The number of nitrogens with two attached hydrogens (primary N) is 1. The van der Waals surface area contributed by atoms with Gasteiger partial charge in [0.2, 0.25) is 11.5 Å². The van der Waals surface area contributed by atoms with Gasteiger partial charge in [0.1, 0.15) is 11.6 Å². The summed E-state index contributed by atoms with van der Waals surface area (Å²) < 4.78 is 37.5. The van der Waals surface area contributed by atoms with Crippen molar-refractivity contribution in [3.63, 3.8) is 0 Å². The highest BCUT2D eigenvalue weighted by molar-refractivity contribution is 5.96. The number of benzene rings is 2. The number of hydrogen-bond donors (Lipinski definition) is 1. The number of nitrogen functional groups attached to an aromatic ring is 1. The molecule has 2 heterocycles. The molecule has 4 rings (SSSR count). The lowest BCUT2D eigenvalue weighted by atomic mass is 9.94. The summed E-state index contributed by atoms with van der Waals surface area (Å²) in [5.41, 5.74) is 7.78. The number of hydrogen-bond acceptors (Lipinski definition) is 6. The van der Waals surface area contributed by atoms with Gasteiger partial charge in [0, 0.05) is 25.3 Å². The highest BCUT2D eigenvalue weighted by Crippen LogP contribution is 2.33. The second kappa shape index (κ2) is 8.81. The van der Waals surface area contributed by atoms with Crippen molar-refractivity contribution in [2.75, 3.05) is 18.9 Å². The Morgan fingerprint density at radius 2 is 1.84 bits per heavy atom. The predicted octanol–water partition coefficient (Wildman–Crippen LogP) is 3.98. The lowest BCUT2D eigenvalue weighted by molar-refractivity contribution is -0.0233. The summed E-state index contributed by atoms with van der Waals surface area (Å²) in [4.78, 5) is 14.5. The fourth-order valence-electron chi connectivity index (χ4n) is 3.95. The van der Waals surface area contributed by atoms with Gasteiger partial charge in [0.05, 0.1) is 6.10 Å². The Hall–Kier alpha value is -3.33. The number of nitrogens with zero attached hydrogens (tertiary/aromatic N) is 3. The highest BCUT2D eigenvalue weighted by Gasteiger charge is 2.32. The molecule has 0 bridgehead atoms. The molecule has 1 aliphatic rings. The number of carbonyl (C=O) groups excluding carboxylic acids is 1. The Kier molecular flexibility index (Phi) is 5.94. The number of rotatable bonds is 5. The van der Waals surface area contributed by atoms with Crippen molar-refractivity contribution in [3.8, 4) is 11.1 Å². The van der Waals surface area contributed by atoms with E-state index in [1.807, 2.05) is 19.1 Å². The van der Waals surface area contributed by atoms with Crippen LogP contribution in [0.1, 0.15) is 41.9 Å². The van der Waals surface area contributed by atoms with E-state index < -0.39 is 11.6 Å². The van der Waals surface area contributed by atoms with Gasteiger partial charge in [0.25, 0.3) is 5.91 Å². The van der Waals surface area contributed by atoms with Crippen LogP contribution in [0, 0.1) is 11.6 Å². The largest absolute Gasteiger partial charge is 0.379 e. The molecule has 162 valence electrons. The zero-order valence-corrected chi connectivity index (χ0v) is 16.9. The number of halogens is 2. The van der Waals surface area contributed by atoms with Crippen LogP contribution in [0.2, 0.25) is 0 Å². The van der Waals surface area contributed by atoms with E-state index in [-0.39, 0.29) is 29.6 Å². The summed E-state index contributed by atoms with van der Waals surface area (Å²) in [5, 5.41) is 7.10. The molecule has 1 aromatic heterocycles. The van der Waals surface area contributed by atoms with Crippen molar-refractivity contribution < 1.29 is 22.9 Å². The van der Waals surface area contributed by atoms with E-state index in [4.69, 9.17) is 10.5 Å². The number of aromatic nitrogens is 2. The van der Waals surface area contributed by atoms with E-state index in [1.54, 1.807) is 17.0 Å². The molecule has 1 fully saturated rings. The average molecular weight is 428 g/mol. The quantitative estimate of drug-likeness (QED) is 0.661. The monoisotopic (exact) mass is 428 g/mol. The van der Waals surface area contributed by atoms with E-state index in [0.717, 1.165) is 11.6 Å². The minimum atomic E-state index is -0.621. The maximum atomic E-state index is 13.5. The first-order valence-corrected chi connectivity index (χ1v) is 10.0. The van der Waals surface area contributed by atoms with Crippen LogP contribution in [0.25, 0.3) is 11.1 Å². The molecule has 9 heteroatoms. The van der Waals surface area contributed by atoms with Crippen LogP contribution >= 0.6 is 0 Å². The number of anilines is 1. The van der Waals surface area contributed by atoms with Crippen LogP contribution in [-0.4, -0.2) is 40.3 Å². The summed E-state index contributed by atoms with van der Waals surface area (Å²) in [6, 6.07) is 10.7. The lowest BCUT2D eigenvalue weighted by Gasteiger charge is -2.37. The molecule has 0 unspecified atom stereocenters. The van der Waals surface area contributed by atoms with Crippen molar-refractivity contribution in [1.82, 2.24) is 15.2 Å². The Labute approximate surface area is 177 Å². The first-order chi connectivity index (χ1) is 15.0. The summed E-state index contributed by atoms with van der Waals surface area (Å²) in [7, 11) is 0. The lowest BCUT2D eigenvalue weighted by Crippen LogP contribution is -2.44. The van der Waals surface area contributed by atoms with Crippen LogP contribution in [0.3, 0.4) is 0 Å². The van der Waals surface area contributed by atoms with Gasteiger partial charge in [-0.3, -0.25) is 4.79 Å². The molecule has 7 nitrogen and oxygen atoms in total. The van der Waals surface area contributed by atoms with Crippen LogP contribution in [0.4, 0.5) is 14.6 Å². The Balaban J connectivity index is 1.50. The number of amides is 1. The fraction of sp³-hybridized carbons (Fsp3) is 0.318. The van der Waals surface area contributed by atoms with Gasteiger partial charge >= 0.3 is 0 Å². The number of carbonyl (C=O) groups is 1. The topological polar surface area (TPSA) is 94.5 Å². The molecule has 31 heavy (non-hydrogen) atoms. The first-order valence-electron chi connectivity index (χ1n) is 10.0. The van der Waals surface area contributed by atoms with Gasteiger partial charge in [-0.25, -0.2) is 13.4 Å². The normalized spacial score (nSPS) is 18.7. The molecule has 3 aromatic rings. The highest BCUT2D eigenvalue weighted by atomic mass is 19.1. The molecule has 0 saturated carbocycles. The van der Waals surface area contributed by atoms with Crippen molar-refractivity contribution in [2.45, 2.75) is 31.9 Å². The first kappa shape index (κ1) is 20.9. The summed E-state index contributed by atoms with van der Waals surface area (Å²) >= 11 is 0. The molecule has 1 aliphatic heterocycles. The van der Waals surface area contributed by atoms with Gasteiger partial charge in [-0.15, -0.1) is 0 Å². The molecule has 1 saturated heterocycles. The summed E-state index contributed by atoms with van der Waals surface area (Å²) in [6.45, 7) is 2.86. The van der Waals surface area contributed by atoms with Crippen molar-refractivity contribution in [2.24, 2.45) is 0 Å². The standard InChI is InChI=1S/C22H22F2N4O3/c1-2-28(22(29)20-21(25)27-31-26-20)18-7-8-30-19(12-18)14-5-3-13(4-6-14)15-9-16(23)11-17(24)10-15/h3-6,9-11,18-19H,2,7-8,12H2,1H3,(H2,25,27)/t18-,19+/m0/s1. The Morgan fingerprint density at radius 3 is 2.45 bits per heavy atom. The molecule has 2 aromatic carbocycles. The van der Waals surface area contributed by atoms with Crippen LogP contribution in [0.15, 0.2) is 47.1 Å². The maximum absolute atomic E-state index is 13.5. The van der Waals surface area contributed by atoms with Crippen LogP contribution < -0.4 is 5.73 Å². The fourth-order valence-corrected chi connectivity index (χ4v) is 3.95. The van der Waals surface area contributed by atoms with Crippen molar-refractivity contribution in [1.29, 1.82) is 0 Å². The van der Waals surface area contributed by atoms with E-state index in [2.05, 4.69) is 14.9 Å². The van der Waals surface area contributed by atoms with Gasteiger partial charge in [-0.1, -0.05) is 24.3 Å². The van der Waals surface area contributed by atoms with Crippen molar-refractivity contribution >= 4 is 11.7 Å². The minimum absolute atomic E-state index is 0.0107. The zero-order valence-electron chi connectivity index (χ0n) is 16.9. The Morgan fingerprint density at radius 1 is 1.13 bits per heavy atom. The maximum Gasteiger partial charge on any atom is 0.280 e. The summed E-state index contributed by atoms with van der Waals surface area (Å²) in [6.07, 6.45) is 1.06. The van der Waals surface area contributed by atoms with Crippen LogP contribution in [0.5, 0.6) is 0 Å². The molecule has 2 atom stereocenters. The van der Waals surface area contributed by atoms with Crippen molar-refractivity contribution in [3.05, 3.63) is 65.4 Å². The molecular formula is C22H22F2N4O3. The van der Waals surface area contributed by atoms with Gasteiger partial charge in [-0.05, 0) is 58.9 Å².